The van der Waals surface area contributed by atoms with Crippen LogP contribution in [0.4, 0.5) is 0 Å². The van der Waals surface area contributed by atoms with Crippen LogP contribution in [0.1, 0.15) is 38.6 Å². The van der Waals surface area contributed by atoms with Crippen molar-refractivity contribution in [2.24, 2.45) is 0 Å². The van der Waals surface area contributed by atoms with E-state index >= 15 is 0 Å². The molecule has 0 aliphatic rings. The highest BCUT2D eigenvalue weighted by Crippen LogP contribution is 2.02. The molecule has 0 amide bonds. The molecule has 1 rings (SSSR count). The Kier molecular flexibility index (Phi) is 4.96. The molecule has 3 N–H and O–H groups in total. The molecule has 1 aromatic heterocycles. The number of nitrogens with zero attached hydrogens (tertiary/aromatic N) is 3. The number of nitrogens with one attached hydrogen (secondary N) is 3. The Balaban J connectivity index is 2.26. The van der Waals surface area contributed by atoms with Gasteiger partial charge in [-0.15, -0.1) is 10.2 Å². The fourth-order valence-electron chi connectivity index (χ4n) is 1.04. The van der Waals surface area contributed by atoms with Crippen molar-refractivity contribution in [3.05, 3.63) is 5.82 Å². The van der Waals surface area contributed by atoms with Gasteiger partial charge in [0.25, 0.3) is 0 Å². The normalized spacial score (nSPS) is 12.1. The molecule has 0 saturated heterocycles. The van der Waals surface area contributed by atoms with Crippen LogP contribution in [0, 0.1) is 0 Å². The van der Waals surface area contributed by atoms with Gasteiger partial charge in [-0.3, -0.25) is 0 Å². The van der Waals surface area contributed by atoms with Crippen LogP contribution in [0.3, 0.4) is 0 Å². The van der Waals surface area contributed by atoms with Gasteiger partial charge in [0.05, 0.1) is 6.04 Å². The number of aromatic amines is 1. The van der Waals surface area contributed by atoms with Crippen LogP contribution in [0.25, 0.3) is 0 Å². The third-order valence-electron chi connectivity index (χ3n) is 1.91. The van der Waals surface area contributed by atoms with E-state index in [1.807, 2.05) is 6.92 Å². The summed E-state index contributed by atoms with van der Waals surface area (Å²) >= 11 is 5.11. The lowest BCUT2D eigenvalue weighted by Crippen LogP contribution is -2.37. The van der Waals surface area contributed by atoms with E-state index in [2.05, 4.69) is 38.2 Å². The summed E-state index contributed by atoms with van der Waals surface area (Å²) in [7, 11) is 0. The molecule has 0 aliphatic heterocycles. The predicted octanol–water partition coefficient (Wildman–Crippen LogP) is 0.525. The molecular weight excluding hydrogens is 212 g/mol. The molecule has 0 aromatic carbocycles. The van der Waals surface area contributed by atoms with Crippen molar-refractivity contribution in [3.63, 3.8) is 0 Å². The summed E-state index contributed by atoms with van der Waals surface area (Å²) in [4.78, 5) is 0. The van der Waals surface area contributed by atoms with Crippen LogP contribution < -0.4 is 10.6 Å². The second kappa shape index (κ2) is 6.28. The largest absolute Gasteiger partial charge is 0.363 e. The number of hydrogen-bond acceptors (Lipinski definition) is 4. The van der Waals surface area contributed by atoms with Gasteiger partial charge in [0.1, 0.15) is 0 Å². The highest BCUT2D eigenvalue weighted by molar-refractivity contribution is 7.80. The molecule has 0 fully saturated rings. The minimum atomic E-state index is -0.0367. The number of unbranched alkanes of at least 4 members (excludes halogenated alkanes) is 1. The van der Waals surface area contributed by atoms with E-state index in [4.69, 9.17) is 12.2 Å². The van der Waals surface area contributed by atoms with E-state index < -0.39 is 0 Å². The molecule has 0 spiro atoms. The van der Waals surface area contributed by atoms with Crippen molar-refractivity contribution < 1.29 is 0 Å². The van der Waals surface area contributed by atoms with Gasteiger partial charge in [-0.1, -0.05) is 18.6 Å². The van der Waals surface area contributed by atoms with E-state index in [-0.39, 0.29) is 6.04 Å². The first-order valence-electron chi connectivity index (χ1n) is 5.01. The van der Waals surface area contributed by atoms with E-state index in [1.54, 1.807) is 0 Å². The third kappa shape index (κ3) is 4.20. The fourth-order valence-corrected chi connectivity index (χ4v) is 1.32. The smallest absolute Gasteiger partial charge is 0.196 e. The topological polar surface area (TPSA) is 78.5 Å². The number of thiocarbonyl (C=S) groups is 1. The zero-order chi connectivity index (χ0) is 11.1. The first-order valence-corrected chi connectivity index (χ1v) is 5.42. The molecule has 6 nitrogen and oxygen atoms in total. The van der Waals surface area contributed by atoms with Gasteiger partial charge < -0.3 is 10.6 Å². The molecule has 15 heavy (non-hydrogen) atoms. The molecule has 1 heterocycles. The summed E-state index contributed by atoms with van der Waals surface area (Å²) < 4.78 is 0. The number of hydrogen-bond donors (Lipinski definition) is 3. The van der Waals surface area contributed by atoms with Crippen molar-refractivity contribution in [1.29, 1.82) is 0 Å². The Morgan fingerprint density at radius 1 is 1.60 bits per heavy atom. The molecule has 0 radical (unpaired) electrons. The van der Waals surface area contributed by atoms with Crippen molar-refractivity contribution in [2.45, 2.75) is 32.7 Å². The maximum absolute atomic E-state index is 5.11. The average molecular weight is 228 g/mol. The Bertz CT molecular complexity index is 285. The molecule has 7 heteroatoms. The van der Waals surface area contributed by atoms with Crippen LogP contribution in [0.15, 0.2) is 0 Å². The predicted molar refractivity (Wildman–Crippen MR) is 61.2 cm³/mol. The van der Waals surface area contributed by atoms with Crippen LogP contribution in [-0.2, 0) is 0 Å². The van der Waals surface area contributed by atoms with Crippen LogP contribution in [0.2, 0.25) is 0 Å². The van der Waals surface area contributed by atoms with Gasteiger partial charge in [-0.25, -0.2) is 0 Å². The maximum atomic E-state index is 5.11. The minimum Gasteiger partial charge on any atom is -0.363 e. The molecule has 84 valence electrons. The molecule has 0 aliphatic carbocycles. The Hall–Kier alpha value is -1.24. The second-order valence-corrected chi connectivity index (χ2v) is 3.65. The number of tetrazole rings is 1. The second-order valence-electron chi connectivity index (χ2n) is 3.25. The summed E-state index contributed by atoms with van der Waals surface area (Å²) in [5.41, 5.74) is 0. The van der Waals surface area contributed by atoms with Gasteiger partial charge in [-0.05, 0) is 25.6 Å². The molecule has 1 unspecified atom stereocenters. The summed E-state index contributed by atoms with van der Waals surface area (Å²) in [5.74, 6) is 0.606. The lowest BCUT2D eigenvalue weighted by Gasteiger charge is -2.13. The quantitative estimate of drug-likeness (QED) is 0.504. The van der Waals surface area contributed by atoms with Crippen LogP contribution in [-0.4, -0.2) is 32.3 Å². The Labute approximate surface area is 94.2 Å². The lowest BCUT2D eigenvalue weighted by molar-refractivity contribution is 0.646. The van der Waals surface area contributed by atoms with Crippen molar-refractivity contribution >= 4 is 17.3 Å². The minimum absolute atomic E-state index is 0.0367. The first-order chi connectivity index (χ1) is 7.24. The lowest BCUT2D eigenvalue weighted by atomic mass is 10.3. The van der Waals surface area contributed by atoms with E-state index in [9.17, 15) is 0 Å². The molecule has 0 bridgehead atoms. The Morgan fingerprint density at radius 2 is 2.40 bits per heavy atom. The molecule has 1 atom stereocenters. The summed E-state index contributed by atoms with van der Waals surface area (Å²) in [5, 5.41) is 20.4. The van der Waals surface area contributed by atoms with Crippen molar-refractivity contribution in [2.75, 3.05) is 6.54 Å². The average Bonchev–Trinajstić information content (AvgIpc) is 2.70. The molecule has 1 aromatic rings. The monoisotopic (exact) mass is 228 g/mol. The SMILES string of the molecule is CCCCNC(=S)NC(C)c1nn[nH]n1. The van der Waals surface area contributed by atoms with E-state index in [0.29, 0.717) is 10.9 Å². The number of rotatable bonds is 5. The standard InChI is InChI=1S/C8H16N6S/c1-3-4-5-9-8(15)10-6(2)7-11-13-14-12-7/h6H,3-5H2,1-2H3,(H2,9,10,15)(H,11,12,13,14). The number of H-pyrrole nitrogens is 1. The van der Waals surface area contributed by atoms with Crippen molar-refractivity contribution in [3.8, 4) is 0 Å². The zero-order valence-electron chi connectivity index (χ0n) is 8.95. The highest BCUT2D eigenvalue weighted by atomic mass is 32.1. The maximum Gasteiger partial charge on any atom is 0.196 e. The fraction of sp³-hybridized carbons (Fsp3) is 0.750. The van der Waals surface area contributed by atoms with Gasteiger partial charge in [0.2, 0.25) is 0 Å². The zero-order valence-corrected chi connectivity index (χ0v) is 9.77. The van der Waals surface area contributed by atoms with Crippen LogP contribution in [0.5, 0.6) is 0 Å². The first kappa shape index (κ1) is 11.8. The van der Waals surface area contributed by atoms with Gasteiger partial charge in [0, 0.05) is 6.54 Å². The van der Waals surface area contributed by atoms with Gasteiger partial charge in [-0.2, -0.15) is 5.21 Å². The van der Waals surface area contributed by atoms with Crippen LogP contribution >= 0.6 is 12.2 Å². The van der Waals surface area contributed by atoms with Crippen molar-refractivity contribution in [1.82, 2.24) is 31.3 Å². The molecular formula is C8H16N6S. The highest BCUT2D eigenvalue weighted by Gasteiger charge is 2.10. The summed E-state index contributed by atoms with van der Waals surface area (Å²) in [6.07, 6.45) is 2.26. The van der Waals surface area contributed by atoms with Gasteiger partial charge in [0.15, 0.2) is 10.9 Å². The summed E-state index contributed by atoms with van der Waals surface area (Å²) in [6, 6.07) is -0.0367. The molecule has 0 saturated carbocycles. The summed E-state index contributed by atoms with van der Waals surface area (Å²) in [6.45, 7) is 4.96. The van der Waals surface area contributed by atoms with Gasteiger partial charge >= 0.3 is 0 Å². The Morgan fingerprint density at radius 3 is 3.00 bits per heavy atom. The van der Waals surface area contributed by atoms with E-state index in [0.717, 1.165) is 19.4 Å². The third-order valence-corrected chi connectivity index (χ3v) is 2.17. The van der Waals surface area contributed by atoms with E-state index in [1.165, 1.54) is 0 Å². The number of aromatic nitrogens is 4.